The van der Waals surface area contributed by atoms with Crippen LogP contribution >= 0.6 is 0 Å². The zero-order valence-corrected chi connectivity index (χ0v) is 12.5. The van der Waals surface area contributed by atoms with Crippen LogP contribution in [0.15, 0.2) is 24.3 Å². The third-order valence-corrected chi connectivity index (χ3v) is 3.90. The van der Waals surface area contributed by atoms with Gasteiger partial charge in [0.05, 0.1) is 6.61 Å². The molecular weight excluding hydrogens is 252 g/mol. The highest BCUT2D eigenvalue weighted by atomic mass is 16.5. The highest BCUT2D eigenvalue weighted by Gasteiger charge is 2.40. The molecule has 2 rings (SSSR count). The molecule has 3 heteroatoms. The minimum absolute atomic E-state index is 0.112. The normalized spacial score (nSPS) is 17.7. The topological polar surface area (TPSA) is 35.5 Å². The monoisotopic (exact) mass is 276 g/mol. The van der Waals surface area contributed by atoms with Gasteiger partial charge in [0.25, 0.3) is 0 Å². The largest absolute Gasteiger partial charge is 0.494 e. The highest BCUT2D eigenvalue weighted by molar-refractivity contribution is 6.02. The lowest BCUT2D eigenvalue weighted by Crippen LogP contribution is -2.43. The smallest absolute Gasteiger partial charge is 0.194 e. The third-order valence-electron chi connectivity index (χ3n) is 3.90. The van der Waals surface area contributed by atoms with Crippen molar-refractivity contribution in [1.29, 1.82) is 0 Å². The number of hydrogen-bond donors (Lipinski definition) is 0. The molecule has 0 radical (unpaired) electrons. The first-order chi connectivity index (χ1) is 9.72. The molecule has 0 bridgehead atoms. The molecule has 0 N–H and O–H groups in total. The molecule has 1 fully saturated rings. The average molecular weight is 276 g/mol. The van der Waals surface area contributed by atoms with Gasteiger partial charge in [-0.15, -0.1) is 0 Å². The lowest BCUT2D eigenvalue weighted by molar-refractivity contribution is -0.0411. The minimum Gasteiger partial charge on any atom is -0.494 e. The van der Waals surface area contributed by atoms with Crippen molar-refractivity contribution in [2.75, 3.05) is 13.2 Å². The predicted molar refractivity (Wildman–Crippen MR) is 79.4 cm³/mol. The molecule has 1 aliphatic carbocycles. The van der Waals surface area contributed by atoms with Crippen molar-refractivity contribution < 1.29 is 14.3 Å². The van der Waals surface area contributed by atoms with E-state index in [1.807, 2.05) is 38.1 Å². The van der Waals surface area contributed by atoms with E-state index in [1.165, 1.54) is 6.42 Å². The molecule has 0 heterocycles. The molecule has 1 aromatic rings. The maximum absolute atomic E-state index is 12.9. The van der Waals surface area contributed by atoms with Crippen LogP contribution in [0, 0.1) is 0 Å². The summed E-state index contributed by atoms with van der Waals surface area (Å²) >= 11 is 0. The van der Waals surface area contributed by atoms with Crippen LogP contribution in [0.2, 0.25) is 0 Å². The van der Waals surface area contributed by atoms with E-state index in [-0.39, 0.29) is 5.78 Å². The molecule has 110 valence electrons. The Hall–Kier alpha value is -1.35. The summed E-state index contributed by atoms with van der Waals surface area (Å²) in [7, 11) is 0. The second kappa shape index (κ2) is 6.89. The summed E-state index contributed by atoms with van der Waals surface area (Å²) in [6, 6.07) is 7.45. The van der Waals surface area contributed by atoms with Crippen LogP contribution in [0.25, 0.3) is 0 Å². The van der Waals surface area contributed by atoms with E-state index in [9.17, 15) is 4.79 Å². The summed E-state index contributed by atoms with van der Waals surface area (Å²) in [5.41, 5.74) is 0.0870. The van der Waals surface area contributed by atoms with E-state index in [0.717, 1.165) is 31.4 Å². The van der Waals surface area contributed by atoms with Gasteiger partial charge in [0.1, 0.15) is 11.4 Å². The van der Waals surface area contributed by atoms with Crippen LogP contribution in [0.4, 0.5) is 0 Å². The molecule has 1 aromatic carbocycles. The number of Topliss-reactive ketones (excluding diaryl/α,β-unsaturated/α-hetero) is 1. The summed E-state index contributed by atoms with van der Waals surface area (Å²) < 4.78 is 11.4. The van der Waals surface area contributed by atoms with E-state index in [4.69, 9.17) is 9.47 Å². The van der Waals surface area contributed by atoms with Gasteiger partial charge in [-0.05, 0) is 38.8 Å². The third kappa shape index (κ3) is 3.21. The maximum Gasteiger partial charge on any atom is 0.194 e. The fraction of sp³-hybridized carbons (Fsp3) is 0.588. The number of ether oxygens (including phenoxy) is 2. The highest BCUT2D eigenvalue weighted by Crippen LogP contribution is 2.35. The van der Waals surface area contributed by atoms with Crippen molar-refractivity contribution in [2.24, 2.45) is 0 Å². The van der Waals surface area contributed by atoms with Gasteiger partial charge < -0.3 is 9.47 Å². The second-order valence-corrected chi connectivity index (χ2v) is 5.28. The van der Waals surface area contributed by atoms with Crippen molar-refractivity contribution >= 4 is 5.78 Å². The molecule has 1 saturated carbocycles. The molecule has 3 nitrogen and oxygen atoms in total. The lowest BCUT2D eigenvalue weighted by Gasteiger charge is -2.35. The van der Waals surface area contributed by atoms with Crippen LogP contribution in [-0.2, 0) is 4.74 Å². The standard InChI is InChI=1S/C17H24O3/c1-3-19-15-10-8-9-14(13-15)16(18)17(20-4-2)11-6-5-7-12-17/h8-10,13H,3-7,11-12H2,1-2H3. The fourth-order valence-electron chi connectivity index (χ4n) is 2.99. The van der Waals surface area contributed by atoms with Crippen LogP contribution in [0.5, 0.6) is 5.75 Å². The van der Waals surface area contributed by atoms with E-state index < -0.39 is 5.60 Å². The van der Waals surface area contributed by atoms with Gasteiger partial charge in [-0.25, -0.2) is 0 Å². The molecule has 20 heavy (non-hydrogen) atoms. The zero-order chi connectivity index (χ0) is 14.4. The number of ketones is 1. The first-order valence-electron chi connectivity index (χ1n) is 7.63. The van der Waals surface area contributed by atoms with Crippen LogP contribution in [0.3, 0.4) is 0 Å². The maximum atomic E-state index is 12.9. The fourth-order valence-corrected chi connectivity index (χ4v) is 2.99. The number of carbonyl (C=O) groups excluding carboxylic acids is 1. The van der Waals surface area contributed by atoms with Gasteiger partial charge in [0, 0.05) is 12.2 Å². The Morgan fingerprint density at radius 1 is 1.15 bits per heavy atom. The van der Waals surface area contributed by atoms with Gasteiger partial charge in [-0.1, -0.05) is 31.4 Å². The minimum atomic E-state index is -0.613. The molecule has 0 atom stereocenters. The summed E-state index contributed by atoms with van der Waals surface area (Å²) in [4.78, 5) is 12.9. The molecule has 0 saturated heterocycles. The van der Waals surface area contributed by atoms with Gasteiger partial charge >= 0.3 is 0 Å². The first kappa shape index (κ1) is 15.0. The lowest BCUT2D eigenvalue weighted by atomic mass is 9.79. The Morgan fingerprint density at radius 3 is 2.55 bits per heavy atom. The van der Waals surface area contributed by atoms with Gasteiger partial charge in [0.2, 0.25) is 0 Å². The predicted octanol–water partition coefficient (Wildman–Crippen LogP) is 4.01. The summed E-state index contributed by atoms with van der Waals surface area (Å²) in [6.45, 7) is 5.09. The van der Waals surface area contributed by atoms with Gasteiger partial charge in [-0.2, -0.15) is 0 Å². The number of benzene rings is 1. The first-order valence-corrected chi connectivity index (χ1v) is 7.63. The SMILES string of the molecule is CCOc1cccc(C(=O)C2(OCC)CCCCC2)c1. The molecule has 0 spiro atoms. The molecule has 0 amide bonds. The van der Waals surface area contributed by atoms with Crippen LogP contribution in [-0.4, -0.2) is 24.6 Å². The molecule has 1 aliphatic rings. The zero-order valence-electron chi connectivity index (χ0n) is 12.5. The van der Waals surface area contributed by atoms with Gasteiger partial charge in [-0.3, -0.25) is 4.79 Å². The Morgan fingerprint density at radius 2 is 1.90 bits per heavy atom. The Bertz CT molecular complexity index is 442. The summed E-state index contributed by atoms with van der Waals surface area (Å²) in [6.07, 6.45) is 4.99. The van der Waals surface area contributed by atoms with E-state index in [1.54, 1.807) is 0 Å². The van der Waals surface area contributed by atoms with E-state index >= 15 is 0 Å². The number of carbonyl (C=O) groups is 1. The Labute approximate surface area is 121 Å². The number of hydrogen-bond acceptors (Lipinski definition) is 3. The number of rotatable bonds is 6. The average Bonchev–Trinajstić information content (AvgIpc) is 2.48. The summed E-state index contributed by atoms with van der Waals surface area (Å²) in [5.74, 6) is 0.862. The van der Waals surface area contributed by atoms with Crippen molar-refractivity contribution in [2.45, 2.75) is 51.6 Å². The Kier molecular flexibility index (Phi) is 5.18. The quantitative estimate of drug-likeness (QED) is 0.736. The van der Waals surface area contributed by atoms with E-state index in [0.29, 0.717) is 18.8 Å². The molecular formula is C17H24O3. The van der Waals surface area contributed by atoms with Gasteiger partial charge in [0.15, 0.2) is 5.78 Å². The van der Waals surface area contributed by atoms with E-state index in [2.05, 4.69) is 0 Å². The van der Waals surface area contributed by atoms with Crippen LogP contribution < -0.4 is 4.74 Å². The van der Waals surface area contributed by atoms with Crippen molar-refractivity contribution in [3.05, 3.63) is 29.8 Å². The molecule has 0 aliphatic heterocycles. The second-order valence-electron chi connectivity index (χ2n) is 5.28. The van der Waals surface area contributed by atoms with Crippen molar-refractivity contribution in [3.8, 4) is 5.75 Å². The van der Waals surface area contributed by atoms with Crippen molar-refractivity contribution in [1.82, 2.24) is 0 Å². The van der Waals surface area contributed by atoms with Crippen molar-refractivity contribution in [3.63, 3.8) is 0 Å². The summed E-state index contributed by atoms with van der Waals surface area (Å²) in [5, 5.41) is 0. The Balaban J connectivity index is 2.24. The molecule has 0 unspecified atom stereocenters. The van der Waals surface area contributed by atoms with Crippen LogP contribution in [0.1, 0.15) is 56.3 Å². The molecule has 0 aromatic heterocycles.